The summed E-state index contributed by atoms with van der Waals surface area (Å²) in [6.45, 7) is 1.19. The van der Waals surface area contributed by atoms with Crippen molar-refractivity contribution in [1.82, 2.24) is 20.5 Å². The maximum absolute atomic E-state index is 12.0. The molecule has 0 saturated carbocycles. The molecule has 3 N–H and O–H groups in total. The Morgan fingerprint density at radius 2 is 1.90 bits per heavy atom. The Morgan fingerprint density at radius 3 is 2.73 bits per heavy atom. The lowest BCUT2D eigenvalue weighted by molar-refractivity contribution is -0.116. The Bertz CT molecular complexity index is 1020. The first kappa shape index (κ1) is 19.2. The fraction of sp³-hybridized carbons (Fsp3) is 0.143. The predicted molar refractivity (Wildman–Crippen MR) is 113 cm³/mol. The van der Waals surface area contributed by atoms with Crippen molar-refractivity contribution in [3.05, 3.63) is 66.5 Å². The van der Waals surface area contributed by atoms with Crippen molar-refractivity contribution in [1.29, 1.82) is 0 Å². The van der Waals surface area contributed by atoms with Gasteiger partial charge in [-0.2, -0.15) is 0 Å². The van der Waals surface area contributed by atoms with Gasteiger partial charge in [0.05, 0.1) is 11.9 Å². The summed E-state index contributed by atoms with van der Waals surface area (Å²) >= 11 is 0. The van der Waals surface area contributed by atoms with Crippen molar-refractivity contribution in [3.63, 3.8) is 0 Å². The van der Waals surface area contributed by atoms with Gasteiger partial charge in [0.1, 0.15) is 5.82 Å². The van der Waals surface area contributed by atoms with Gasteiger partial charge in [-0.15, -0.1) is 10.2 Å². The summed E-state index contributed by atoms with van der Waals surface area (Å²) in [5.41, 5.74) is 1.70. The second-order valence-corrected chi connectivity index (χ2v) is 6.33. The van der Waals surface area contributed by atoms with E-state index in [0.717, 1.165) is 11.3 Å². The Morgan fingerprint density at radius 1 is 1.03 bits per heavy atom. The summed E-state index contributed by atoms with van der Waals surface area (Å²) in [5.74, 6) is 2.46. The molecule has 1 aliphatic rings. The molecule has 3 aromatic rings. The van der Waals surface area contributed by atoms with Crippen LogP contribution in [-0.2, 0) is 4.79 Å². The molecule has 9 nitrogen and oxygen atoms in total. The summed E-state index contributed by atoms with van der Waals surface area (Å²) < 4.78 is 10.6. The first-order valence-corrected chi connectivity index (χ1v) is 9.36. The van der Waals surface area contributed by atoms with Crippen LogP contribution in [0.5, 0.6) is 11.5 Å². The molecule has 4 rings (SSSR count). The van der Waals surface area contributed by atoms with Crippen molar-refractivity contribution in [2.24, 2.45) is 0 Å². The van der Waals surface area contributed by atoms with Gasteiger partial charge in [0.25, 0.3) is 0 Å². The number of hydrogen-bond donors (Lipinski definition) is 3. The highest BCUT2D eigenvalue weighted by atomic mass is 16.7. The van der Waals surface area contributed by atoms with Gasteiger partial charge in [-0.3, -0.25) is 9.78 Å². The van der Waals surface area contributed by atoms with E-state index in [1.165, 1.54) is 6.08 Å². The molecule has 0 fully saturated rings. The van der Waals surface area contributed by atoms with E-state index in [0.29, 0.717) is 36.2 Å². The van der Waals surface area contributed by atoms with E-state index in [9.17, 15) is 4.79 Å². The molecule has 9 heteroatoms. The molecule has 0 saturated heterocycles. The summed E-state index contributed by atoms with van der Waals surface area (Å²) in [7, 11) is 0. The molecular formula is C21H20N6O3. The van der Waals surface area contributed by atoms with E-state index in [-0.39, 0.29) is 12.7 Å². The number of carbonyl (C=O) groups is 1. The van der Waals surface area contributed by atoms with Gasteiger partial charge in [0.15, 0.2) is 17.3 Å². The topological polar surface area (TPSA) is 110 Å². The maximum atomic E-state index is 12.0. The standard InChI is InChI=1S/C21H20N6O3/c28-21(8-4-15-3-5-17-18(12-15)30-14-29-17)24-11-10-23-19-6-7-20(27-26-19)25-16-2-1-9-22-13-16/h1-9,12-13H,10-11,14H2,(H,23,26)(H,24,28)(H,25,27)/b8-4+. The first-order chi connectivity index (χ1) is 14.8. The van der Waals surface area contributed by atoms with Crippen LogP contribution in [0.4, 0.5) is 17.3 Å². The number of rotatable bonds is 8. The molecule has 152 valence electrons. The quantitative estimate of drug-likeness (QED) is 0.388. The average Bonchev–Trinajstić information content (AvgIpc) is 3.25. The predicted octanol–water partition coefficient (Wildman–Crippen LogP) is 2.59. The van der Waals surface area contributed by atoms with Crippen molar-refractivity contribution >= 4 is 29.3 Å². The maximum Gasteiger partial charge on any atom is 0.244 e. The smallest absolute Gasteiger partial charge is 0.244 e. The van der Waals surface area contributed by atoms with Crippen LogP contribution in [0, 0.1) is 0 Å². The van der Waals surface area contributed by atoms with Crippen LogP contribution in [0.1, 0.15) is 5.56 Å². The van der Waals surface area contributed by atoms with Crippen LogP contribution in [0.2, 0.25) is 0 Å². The van der Waals surface area contributed by atoms with E-state index < -0.39 is 0 Å². The minimum Gasteiger partial charge on any atom is -0.454 e. The zero-order chi connectivity index (χ0) is 20.6. The molecule has 0 unspecified atom stereocenters. The van der Waals surface area contributed by atoms with Crippen molar-refractivity contribution < 1.29 is 14.3 Å². The highest BCUT2D eigenvalue weighted by Crippen LogP contribution is 2.32. The fourth-order valence-electron chi connectivity index (χ4n) is 2.70. The number of amides is 1. The monoisotopic (exact) mass is 404 g/mol. The normalized spacial score (nSPS) is 12.0. The zero-order valence-electron chi connectivity index (χ0n) is 16.0. The zero-order valence-corrected chi connectivity index (χ0v) is 16.0. The highest BCUT2D eigenvalue weighted by Gasteiger charge is 2.12. The van der Waals surface area contributed by atoms with Crippen molar-refractivity contribution in [2.75, 3.05) is 30.5 Å². The number of fused-ring (bicyclic) bond motifs is 1. The Labute approximate surface area is 173 Å². The molecule has 1 aliphatic heterocycles. The number of carbonyl (C=O) groups excluding carboxylic acids is 1. The lowest BCUT2D eigenvalue weighted by atomic mass is 10.2. The second-order valence-electron chi connectivity index (χ2n) is 6.33. The third kappa shape index (κ3) is 5.22. The number of nitrogens with zero attached hydrogens (tertiary/aromatic N) is 3. The number of nitrogens with one attached hydrogen (secondary N) is 3. The minimum atomic E-state index is -0.184. The van der Waals surface area contributed by atoms with Gasteiger partial charge < -0.3 is 25.4 Å². The third-order valence-electron chi connectivity index (χ3n) is 4.15. The van der Waals surface area contributed by atoms with Crippen molar-refractivity contribution in [2.45, 2.75) is 0 Å². The molecule has 0 aliphatic carbocycles. The summed E-state index contributed by atoms with van der Waals surface area (Å²) in [5, 5.41) is 17.2. The molecule has 2 aromatic heterocycles. The Hall–Kier alpha value is -4.14. The molecule has 1 aromatic carbocycles. The number of ether oxygens (including phenoxy) is 2. The van der Waals surface area contributed by atoms with Crippen molar-refractivity contribution in [3.8, 4) is 11.5 Å². The van der Waals surface area contributed by atoms with Gasteiger partial charge in [-0.05, 0) is 48.0 Å². The molecular weight excluding hydrogens is 384 g/mol. The fourth-order valence-corrected chi connectivity index (χ4v) is 2.70. The van der Waals surface area contributed by atoms with E-state index in [2.05, 4.69) is 31.1 Å². The molecule has 30 heavy (non-hydrogen) atoms. The molecule has 0 spiro atoms. The van der Waals surface area contributed by atoms with Gasteiger partial charge >= 0.3 is 0 Å². The highest BCUT2D eigenvalue weighted by molar-refractivity contribution is 5.91. The van der Waals surface area contributed by atoms with E-state index in [4.69, 9.17) is 9.47 Å². The molecule has 0 bridgehead atoms. The molecule has 0 atom stereocenters. The van der Waals surface area contributed by atoms with Gasteiger partial charge in [0, 0.05) is 25.4 Å². The minimum absolute atomic E-state index is 0.184. The van der Waals surface area contributed by atoms with Crippen LogP contribution in [0.25, 0.3) is 6.08 Å². The average molecular weight is 404 g/mol. The summed E-state index contributed by atoms with van der Waals surface area (Å²) in [6.07, 6.45) is 6.62. The van der Waals surface area contributed by atoms with Crippen LogP contribution in [0.3, 0.4) is 0 Å². The summed E-state index contributed by atoms with van der Waals surface area (Å²) in [6, 6.07) is 12.9. The number of hydrogen-bond acceptors (Lipinski definition) is 8. The molecule has 3 heterocycles. The van der Waals surface area contributed by atoms with Crippen LogP contribution in [0.15, 0.2) is 60.9 Å². The Kier molecular flexibility index (Phi) is 5.99. The van der Waals surface area contributed by atoms with Gasteiger partial charge in [-0.1, -0.05) is 6.07 Å². The summed E-state index contributed by atoms with van der Waals surface area (Å²) in [4.78, 5) is 16.0. The number of aromatic nitrogens is 3. The largest absolute Gasteiger partial charge is 0.454 e. The molecule has 0 radical (unpaired) electrons. The third-order valence-corrected chi connectivity index (χ3v) is 4.15. The lowest BCUT2D eigenvalue weighted by Crippen LogP contribution is -2.27. The van der Waals surface area contributed by atoms with Gasteiger partial charge in [0.2, 0.25) is 12.7 Å². The van der Waals surface area contributed by atoms with E-state index in [1.807, 2.05) is 42.5 Å². The second kappa shape index (κ2) is 9.37. The molecule has 1 amide bonds. The number of benzene rings is 1. The number of pyridine rings is 1. The van der Waals surface area contributed by atoms with Crippen LogP contribution in [-0.4, -0.2) is 41.0 Å². The van der Waals surface area contributed by atoms with Gasteiger partial charge in [-0.25, -0.2) is 0 Å². The first-order valence-electron chi connectivity index (χ1n) is 9.36. The Balaban J connectivity index is 1.18. The van der Waals surface area contributed by atoms with Crippen LogP contribution < -0.4 is 25.4 Å². The lowest BCUT2D eigenvalue weighted by Gasteiger charge is -2.07. The van der Waals surface area contributed by atoms with E-state index in [1.54, 1.807) is 18.5 Å². The number of anilines is 3. The van der Waals surface area contributed by atoms with Crippen LogP contribution >= 0.6 is 0 Å². The van der Waals surface area contributed by atoms with E-state index >= 15 is 0 Å². The SMILES string of the molecule is O=C(/C=C/c1ccc2c(c1)OCO2)NCCNc1ccc(Nc2cccnc2)nn1.